The number of nitrogens with zero attached hydrogens (tertiary/aromatic N) is 1. The minimum absolute atomic E-state index is 0.181. The SMILES string of the molecule is COc1c(C2=NC(C)(C)C=CN2)cccc1C(C)C. The van der Waals surface area contributed by atoms with Crippen molar-refractivity contribution in [2.24, 2.45) is 4.99 Å². The number of hydrogen-bond donors (Lipinski definition) is 1. The van der Waals surface area contributed by atoms with Crippen LogP contribution in [0.25, 0.3) is 0 Å². The number of methoxy groups -OCH3 is 1. The molecular weight excluding hydrogens is 236 g/mol. The number of benzene rings is 1. The first-order valence-corrected chi connectivity index (χ1v) is 6.66. The van der Waals surface area contributed by atoms with Crippen molar-refractivity contribution in [2.75, 3.05) is 7.11 Å². The first kappa shape index (κ1) is 13.7. The molecule has 0 atom stereocenters. The lowest BCUT2D eigenvalue weighted by Crippen LogP contribution is -2.30. The lowest BCUT2D eigenvalue weighted by atomic mass is 9.97. The van der Waals surface area contributed by atoms with Gasteiger partial charge in [0.15, 0.2) is 0 Å². The Hall–Kier alpha value is -1.77. The molecule has 1 N–H and O–H groups in total. The summed E-state index contributed by atoms with van der Waals surface area (Å²) in [6.07, 6.45) is 4.00. The molecule has 0 spiro atoms. The van der Waals surface area contributed by atoms with Crippen LogP contribution in [0.1, 0.15) is 44.7 Å². The smallest absolute Gasteiger partial charge is 0.136 e. The molecule has 0 saturated carbocycles. The second-order valence-electron chi connectivity index (χ2n) is 5.67. The number of rotatable bonds is 3. The van der Waals surface area contributed by atoms with Crippen molar-refractivity contribution in [1.29, 1.82) is 0 Å². The number of amidine groups is 1. The molecule has 2 rings (SSSR count). The van der Waals surface area contributed by atoms with Gasteiger partial charge in [-0.25, -0.2) is 0 Å². The molecule has 1 heterocycles. The van der Waals surface area contributed by atoms with Gasteiger partial charge in [-0.1, -0.05) is 26.0 Å². The Labute approximate surface area is 115 Å². The molecule has 1 aromatic carbocycles. The first-order valence-electron chi connectivity index (χ1n) is 6.66. The maximum Gasteiger partial charge on any atom is 0.136 e. The number of aliphatic imine (C=N–C) groups is 1. The second kappa shape index (κ2) is 5.08. The summed E-state index contributed by atoms with van der Waals surface area (Å²) < 4.78 is 5.61. The molecule has 0 saturated heterocycles. The van der Waals surface area contributed by atoms with E-state index in [0.29, 0.717) is 5.92 Å². The second-order valence-corrected chi connectivity index (χ2v) is 5.67. The summed E-state index contributed by atoms with van der Waals surface area (Å²) in [6, 6.07) is 6.21. The van der Waals surface area contributed by atoms with Crippen molar-refractivity contribution in [3.05, 3.63) is 41.6 Å². The maximum absolute atomic E-state index is 5.61. The molecule has 0 unspecified atom stereocenters. The third-order valence-electron chi connectivity index (χ3n) is 3.24. The van der Waals surface area contributed by atoms with E-state index in [2.05, 4.69) is 51.2 Å². The average Bonchev–Trinajstić information content (AvgIpc) is 2.36. The molecule has 102 valence electrons. The Bertz CT molecular complexity index is 528. The topological polar surface area (TPSA) is 33.6 Å². The number of hydrogen-bond acceptors (Lipinski definition) is 3. The molecule has 0 fully saturated rings. The van der Waals surface area contributed by atoms with Crippen LogP contribution < -0.4 is 10.1 Å². The Kier molecular flexibility index (Phi) is 3.65. The van der Waals surface area contributed by atoms with E-state index in [9.17, 15) is 0 Å². The molecule has 0 amide bonds. The minimum Gasteiger partial charge on any atom is -0.496 e. The van der Waals surface area contributed by atoms with Crippen molar-refractivity contribution < 1.29 is 4.74 Å². The summed E-state index contributed by atoms with van der Waals surface area (Å²) in [7, 11) is 1.72. The fourth-order valence-corrected chi connectivity index (χ4v) is 2.24. The molecule has 19 heavy (non-hydrogen) atoms. The predicted octanol–water partition coefficient (Wildman–Crippen LogP) is 3.46. The van der Waals surface area contributed by atoms with Gasteiger partial charge >= 0.3 is 0 Å². The van der Waals surface area contributed by atoms with Crippen LogP contribution in [0.3, 0.4) is 0 Å². The van der Waals surface area contributed by atoms with E-state index < -0.39 is 0 Å². The van der Waals surface area contributed by atoms with Crippen molar-refractivity contribution >= 4 is 5.84 Å². The van der Waals surface area contributed by atoms with E-state index >= 15 is 0 Å². The number of para-hydroxylation sites is 1. The van der Waals surface area contributed by atoms with E-state index in [4.69, 9.17) is 9.73 Å². The van der Waals surface area contributed by atoms with Gasteiger partial charge in [0.05, 0.1) is 18.2 Å². The lowest BCUT2D eigenvalue weighted by molar-refractivity contribution is 0.406. The minimum atomic E-state index is -0.181. The van der Waals surface area contributed by atoms with Crippen molar-refractivity contribution in [2.45, 2.75) is 39.2 Å². The fraction of sp³-hybridized carbons (Fsp3) is 0.438. The molecule has 0 radical (unpaired) electrons. The zero-order chi connectivity index (χ0) is 14.0. The van der Waals surface area contributed by atoms with Crippen molar-refractivity contribution in [3.8, 4) is 5.75 Å². The van der Waals surface area contributed by atoms with Crippen LogP contribution in [0, 0.1) is 0 Å². The van der Waals surface area contributed by atoms with Crippen LogP contribution in [0.2, 0.25) is 0 Å². The molecule has 1 aliphatic rings. The van der Waals surface area contributed by atoms with E-state index in [1.165, 1.54) is 5.56 Å². The van der Waals surface area contributed by atoms with Crippen molar-refractivity contribution in [1.82, 2.24) is 5.32 Å². The van der Waals surface area contributed by atoms with Gasteiger partial charge in [-0.3, -0.25) is 4.99 Å². The number of ether oxygens (including phenoxy) is 1. The third-order valence-corrected chi connectivity index (χ3v) is 3.24. The third kappa shape index (κ3) is 2.80. The Morgan fingerprint density at radius 3 is 2.58 bits per heavy atom. The van der Waals surface area contributed by atoms with Crippen LogP contribution in [-0.2, 0) is 0 Å². The standard InChI is InChI=1S/C16H22N2O/c1-11(2)12-7-6-8-13(14(12)19-5)15-17-10-9-16(3,4)18-15/h6-11H,1-5H3,(H,17,18). The molecular formula is C16H22N2O. The normalized spacial score (nSPS) is 17.1. The average molecular weight is 258 g/mol. The monoisotopic (exact) mass is 258 g/mol. The summed E-state index contributed by atoms with van der Waals surface area (Å²) in [6.45, 7) is 8.51. The fourth-order valence-electron chi connectivity index (χ4n) is 2.24. The summed E-state index contributed by atoms with van der Waals surface area (Å²) >= 11 is 0. The summed E-state index contributed by atoms with van der Waals surface area (Å²) in [5.74, 6) is 2.20. The first-order chi connectivity index (χ1) is 8.94. The van der Waals surface area contributed by atoms with Gasteiger partial charge in [-0.15, -0.1) is 0 Å². The Morgan fingerprint density at radius 1 is 1.26 bits per heavy atom. The molecule has 1 aromatic rings. The maximum atomic E-state index is 5.61. The van der Waals surface area contributed by atoms with Crippen LogP contribution >= 0.6 is 0 Å². The largest absolute Gasteiger partial charge is 0.496 e. The van der Waals surface area contributed by atoms with Gasteiger partial charge in [0, 0.05) is 6.20 Å². The summed E-state index contributed by atoms with van der Waals surface area (Å²) in [5, 5.41) is 3.22. The van der Waals surface area contributed by atoms with E-state index in [-0.39, 0.29) is 5.54 Å². The zero-order valence-corrected chi connectivity index (χ0v) is 12.3. The molecule has 0 aliphatic carbocycles. The van der Waals surface area contributed by atoms with Gasteiger partial charge in [0.1, 0.15) is 11.6 Å². The highest BCUT2D eigenvalue weighted by atomic mass is 16.5. The molecule has 0 aromatic heterocycles. The highest BCUT2D eigenvalue weighted by molar-refractivity contribution is 6.03. The Balaban J connectivity index is 2.52. The highest BCUT2D eigenvalue weighted by Crippen LogP contribution is 2.31. The van der Waals surface area contributed by atoms with Gasteiger partial charge in [-0.2, -0.15) is 0 Å². The summed E-state index contributed by atoms with van der Waals surface area (Å²) in [5.41, 5.74) is 2.04. The molecule has 0 bridgehead atoms. The van der Waals surface area contributed by atoms with E-state index in [1.807, 2.05) is 12.3 Å². The van der Waals surface area contributed by atoms with Crippen molar-refractivity contribution in [3.63, 3.8) is 0 Å². The number of nitrogens with one attached hydrogen (secondary N) is 1. The lowest BCUT2D eigenvalue weighted by Gasteiger charge is -2.24. The molecule has 1 aliphatic heterocycles. The van der Waals surface area contributed by atoms with Gasteiger partial charge in [0.2, 0.25) is 0 Å². The molecule has 3 heteroatoms. The summed E-state index contributed by atoms with van der Waals surface area (Å²) in [4.78, 5) is 4.73. The zero-order valence-electron chi connectivity index (χ0n) is 12.3. The Morgan fingerprint density at radius 2 is 2.00 bits per heavy atom. The predicted molar refractivity (Wildman–Crippen MR) is 80.0 cm³/mol. The van der Waals surface area contributed by atoms with E-state index in [0.717, 1.165) is 17.1 Å². The van der Waals surface area contributed by atoms with Crippen LogP contribution in [0.5, 0.6) is 5.75 Å². The van der Waals surface area contributed by atoms with E-state index in [1.54, 1.807) is 7.11 Å². The molecule has 3 nitrogen and oxygen atoms in total. The highest BCUT2D eigenvalue weighted by Gasteiger charge is 2.21. The van der Waals surface area contributed by atoms with Gasteiger partial charge in [0.25, 0.3) is 0 Å². The quantitative estimate of drug-likeness (QED) is 0.900. The van der Waals surface area contributed by atoms with Gasteiger partial charge < -0.3 is 10.1 Å². The van der Waals surface area contributed by atoms with Crippen LogP contribution in [-0.4, -0.2) is 18.5 Å². The van der Waals surface area contributed by atoms with Crippen LogP contribution in [0.15, 0.2) is 35.5 Å². The van der Waals surface area contributed by atoms with Gasteiger partial charge in [-0.05, 0) is 37.5 Å². The van der Waals surface area contributed by atoms with Crippen LogP contribution in [0.4, 0.5) is 0 Å².